The molecular formula is C19H30O12. The smallest absolute Gasteiger partial charge is 0.307 e. The van der Waals surface area contributed by atoms with E-state index in [1.54, 1.807) is 0 Å². The third kappa shape index (κ3) is 19.9. The normalized spacial score (nSPS) is 17.0. The molecule has 1 rings (SSSR count). The van der Waals surface area contributed by atoms with Gasteiger partial charge in [-0.1, -0.05) is 12.8 Å². The van der Waals surface area contributed by atoms with Gasteiger partial charge in [0.25, 0.3) is 0 Å². The van der Waals surface area contributed by atoms with Gasteiger partial charge in [0, 0.05) is 25.7 Å². The molecule has 0 amide bonds. The van der Waals surface area contributed by atoms with Gasteiger partial charge in [0.15, 0.2) is 0 Å². The van der Waals surface area contributed by atoms with Gasteiger partial charge in [-0.3, -0.25) is 28.8 Å². The number of hydrogen-bond acceptors (Lipinski definition) is 6. The van der Waals surface area contributed by atoms with Crippen molar-refractivity contribution in [3.63, 3.8) is 0 Å². The first-order chi connectivity index (χ1) is 14.4. The average molecular weight is 450 g/mol. The van der Waals surface area contributed by atoms with Crippen molar-refractivity contribution in [3.8, 4) is 0 Å². The molecule has 1 saturated carbocycles. The Morgan fingerprint density at radius 3 is 0.968 bits per heavy atom. The van der Waals surface area contributed by atoms with Gasteiger partial charge in [-0.25, -0.2) is 0 Å². The van der Waals surface area contributed by atoms with E-state index in [1.165, 1.54) is 0 Å². The Labute approximate surface area is 178 Å². The Kier molecular flexibility index (Phi) is 17.1. The lowest BCUT2D eigenvalue weighted by Gasteiger charge is -2.24. The maximum Gasteiger partial charge on any atom is 0.307 e. The minimum Gasteiger partial charge on any atom is -0.481 e. The Balaban J connectivity index is 0. The van der Waals surface area contributed by atoms with Crippen molar-refractivity contribution in [1.29, 1.82) is 0 Å². The zero-order valence-electron chi connectivity index (χ0n) is 17.1. The Bertz CT molecular complexity index is 561. The third-order valence-corrected chi connectivity index (χ3v) is 4.21. The highest BCUT2D eigenvalue weighted by Gasteiger charge is 2.35. The number of hydrogen-bond donors (Lipinski definition) is 6. The van der Waals surface area contributed by atoms with Crippen molar-refractivity contribution in [1.82, 2.24) is 0 Å². The summed E-state index contributed by atoms with van der Waals surface area (Å²) in [5.41, 5.74) is 0. The molecule has 1 aliphatic carbocycles. The Hall–Kier alpha value is -3.18. The van der Waals surface area contributed by atoms with E-state index in [-0.39, 0.29) is 32.1 Å². The number of carbonyl (C=O) groups is 6. The van der Waals surface area contributed by atoms with Crippen LogP contribution in [0.1, 0.15) is 70.6 Å². The summed E-state index contributed by atoms with van der Waals surface area (Å²) < 4.78 is 0. The van der Waals surface area contributed by atoms with Crippen LogP contribution < -0.4 is 0 Å². The van der Waals surface area contributed by atoms with Crippen LogP contribution in [0.15, 0.2) is 0 Å². The average Bonchev–Trinajstić information content (AvgIpc) is 2.65. The number of aliphatic carboxylic acids is 6. The Morgan fingerprint density at radius 1 is 0.484 bits per heavy atom. The fraction of sp³-hybridized carbons (Fsp3) is 0.684. The number of unbranched alkanes of at least 4 members (excludes halogenated alkanes) is 1. The van der Waals surface area contributed by atoms with E-state index in [0.29, 0.717) is 25.7 Å². The highest BCUT2D eigenvalue weighted by Crippen LogP contribution is 2.30. The van der Waals surface area contributed by atoms with Crippen molar-refractivity contribution >= 4 is 35.8 Å². The summed E-state index contributed by atoms with van der Waals surface area (Å²) in [6, 6.07) is 0. The summed E-state index contributed by atoms with van der Waals surface area (Å²) in [4.78, 5) is 60.6. The van der Waals surface area contributed by atoms with Crippen LogP contribution in [-0.2, 0) is 28.8 Å². The van der Waals surface area contributed by atoms with Gasteiger partial charge in [0.1, 0.15) is 0 Å². The summed E-state index contributed by atoms with van der Waals surface area (Å²) >= 11 is 0. The molecule has 2 atom stereocenters. The fourth-order valence-corrected chi connectivity index (χ4v) is 2.67. The van der Waals surface area contributed by atoms with Crippen LogP contribution in [0.3, 0.4) is 0 Å². The van der Waals surface area contributed by atoms with Crippen molar-refractivity contribution in [2.75, 3.05) is 0 Å². The summed E-state index contributed by atoms with van der Waals surface area (Å²) in [5, 5.41) is 49.7. The lowest BCUT2D eigenvalue weighted by atomic mass is 9.79. The monoisotopic (exact) mass is 450 g/mol. The van der Waals surface area contributed by atoms with Crippen LogP contribution in [0.5, 0.6) is 0 Å². The van der Waals surface area contributed by atoms with E-state index in [1.807, 2.05) is 0 Å². The quantitative estimate of drug-likeness (QED) is 0.249. The molecule has 12 heteroatoms. The molecule has 0 aliphatic heterocycles. The molecule has 1 aliphatic rings. The van der Waals surface area contributed by atoms with Crippen molar-refractivity contribution in [3.05, 3.63) is 0 Å². The third-order valence-electron chi connectivity index (χ3n) is 4.21. The predicted octanol–water partition coefficient (Wildman–Crippen LogP) is 2.00. The molecule has 2 unspecified atom stereocenters. The van der Waals surface area contributed by atoms with E-state index in [0.717, 1.165) is 12.8 Å². The molecule has 6 N–H and O–H groups in total. The molecule has 0 heterocycles. The van der Waals surface area contributed by atoms with Gasteiger partial charge in [-0.05, 0) is 32.1 Å². The second-order valence-electron chi connectivity index (χ2n) is 6.81. The van der Waals surface area contributed by atoms with Crippen molar-refractivity contribution in [2.24, 2.45) is 11.8 Å². The first-order valence-corrected chi connectivity index (χ1v) is 9.71. The molecule has 178 valence electrons. The molecule has 1 fully saturated rings. The number of carboxylic acid groups (broad SMARTS) is 6. The zero-order valence-corrected chi connectivity index (χ0v) is 17.1. The SMILES string of the molecule is O=C(O)C1CCCCC1C(=O)O.O=C(O)CCCC(=O)O.O=C(O)CCCCC(=O)O. The van der Waals surface area contributed by atoms with Crippen LogP contribution >= 0.6 is 0 Å². The van der Waals surface area contributed by atoms with E-state index in [4.69, 9.17) is 30.6 Å². The number of carboxylic acids is 6. The summed E-state index contributed by atoms with van der Waals surface area (Å²) in [6.07, 6.45) is 3.78. The fourth-order valence-electron chi connectivity index (χ4n) is 2.67. The molecule has 31 heavy (non-hydrogen) atoms. The molecule has 0 radical (unpaired) electrons. The van der Waals surface area contributed by atoms with E-state index >= 15 is 0 Å². The molecule has 0 bridgehead atoms. The van der Waals surface area contributed by atoms with E-state index in [9.17, 15) is 28.8 Å². The second-order valence-corrected chi connectivity index (χ2v) is 6.81. The summed E-state index contributed by atoms with van der Waals surface area (Å²) in [6.45, 7) is 0. The van der Waals surface area contributed by atoms with Gasteiger partial charge in [-0.2, -0.15) is 0 Å². The Morgan fingerprint density at radius 2 is 0.742 bits per heavy atom. The molecule has 12 nitrogen and oxygen atoms in total. The van der Waals surface area contributed by atoms with Crippen LogP contribution in [0.2, 0.25) is 0 Å². The molecule has 0 spiro atoms. The highest BCUT2D eigenvalue weighted by atomic mass is 16.4. The van der Waals surface area contributed by atoms with Crippen LogP contribution in [-0.4, -0.2) is 66.5 Å². The molecular weight excluding hydrogens is 420 g/mol. The minimum atomic E-state index is -0.970. The predicted molar refractivity (Wildman–Crippen MR) is 104 cm³/mol. The molecule has 0 aromatic carbocycles. The maximum absolute atomic E-state index is 10.6. The van der Waals surface area contributed by atoms with Gasteiger partial charge in [0.2, 0.25) is 0 Å². The van der Waals surface area contributed by atoms with Gasteiger partial charge >= 0.3 is 35.8 Å². The molecule has 0 aromatic rings. The van der Waals surface area contributed by atoms with Crippen molar-refractivity contribution in [2.45, 2.75) is 70.6 Å². The largest absolute Gasteiger partial charge is 0.481 e. The number of rotatable bonds is 11. The van der Waals surface area contributed by atoms with Crippen LogP contribution in [0.4, 0.5) is 0 Å². The maximum atomic E-state index is 10.6. The lowest BCUT2D eigenvalue weighted by molar-refractivity contribution is -0.155. The van der Waals surface area contributed by atoms with Gasteiger partial charge in [0.05, 0.1) is 11.8 Å². The van der Waals surface area contributed by atoms with E-state index in [2.05, 4.69) is 0 Å². The molecule has 0 saturated heterocycles. The van der Waals surface area contributed by atoms with E-state index < -0.39 is 47.7 Å². The standard InChI is InChI=1S/C8H12O4.C6H10O4.C5H8O4/c9-7(10)5-3-1-2-4-6(5)8(11)12;7-5(8)3-1-2-4-6(9)10;6-4(7)2-1-3-5(8)9/h5-6H,1-4H2,(H,9,10)(H,11,12);1-4H2,(H,7,8)(H,9,10);1-3H2,(H,6,7)(H,8,9). The first-order valence-electron chi connectivity index (χ1n) is 9.71. The molecule has 0 aromatic heterocycles. The summed E-state index contributed by atoms with van der Waals surface area (Å²) in [7, 11) is 0. The van der Waals surface area contributed by atoms with Gasteiger partial charge < -0.3 is 30.6 Å². The highest BCUT2D eigenvalue weighted by molar-refractivity contribution is 5.80. The van der Waals surface area contributed by atoms with Crippen LogP contribution in [0.25, 0.3) is 0 Å². The first kappa shape index (κ1) is 30.0. The summed E-state index contributed by atoms with van der Waals surface area (Å²) in [5.74, 6) is -6.92. The second kappa shape index (κ2) is 17.7. The zero-order chi connectivity index (χ0) is 24.4. The minimum absolute atomic E-state index is 0.0628. The topological polar surface area (TPSA) is 224 Å². The van der Waals surface area contributed by atoms with Gasteiger partial charge in [-0.15, -0.1) is 0 Å². The van der Waals surface area contributed by atoms with Crippen molar-refractivity contribution < 1.29 is 59.4 Å². The van der Waals surface area contributed by atoms with Crippen LogP contribution in [0, 0.1) is 11.8 Å². The lowest BCUT2D eigenvalue weighted by Crippen LogP contribution is -2.32.